The van der Waals surface area contributed by atoms with E-state index < -0.39 is 0 Å². The third-order valence-corrected chi connectivity index (χ3v) is 8.68. The third-order valence-electron chi connectivity index (χ3n) is 6.87. The van der Waals surface area contributed by atoms with Gasteiger partial charge in [0.15, 0.2) is 16.3 Å². The number of halogens is 1. The number of thiazole rings is 1. The highest BCUT2D eigenvalue weighted by Gasteiger charge is 2.34. The fraction of sp³-hybridized carbons (Fsp3) is 0.172. The summed E-state index contributed by atoms with van der Waals surface area (Å²) in [5.74, 6) is 1.20. The summed E-state index contributed by atoms with van der Waals surface area (Å²) >= 11 is 3.43. The molecule has 2 heterocycles. The molecular weight excluding hydrogens is 599 g/mol. The van der Waals surface area contributed by atoms with Crippen molar-refractivity contribution in [2.45, 2.75) is 18.9 Å². The molecule has 0 radical (unpaired) electrons. The Bertz CT molecular complexity index is 1770. The zero-order valence-corrected chi connectivity index (χ0v) is 23.2. The van der Waals surface area contributed by atoms with Crippen molar-refractivity contribution in [1.29, 1.82) is 0 Å². The molecule has 4 aromatic rings. The molecule has 6 rings (SSSR count). The monoisotopic (exact) mass is 622 g/mol. The fourth-order valence-corrected chi connectivity index (χ4v) is 6.80. The molecule has 3 aromatic carbocycles. The first-order chi connectivity index (χ1) is 18.0. The largest absolute Gasteiger partial charge is 0.504 e. The van der Waals surface area contributed by atoms with E-state index in [0.717, 1.165) is 46.6 Å². The van der Waals surface area contributed by atoms with Gasteiger partial charge in [-0.25, -0.2) is 4.99 Å². The van der Waals surface area contributed by atoms with Crippen LogP contribution in [0.25, 0.3) is 11.8 Å². The van der Waals surface area contributed by atoms with E-state index in [1.54, 1.807) is 13.2 Å². The van der Waals surface area contributed by atoms with E-state index in [1.165, 1.54) is 24.0 Å². The normalized spacial score (nSPS) is 16.5. The van der Waals surface area contributed by atoms with Gasteiger partial charge in [-0.15, -0.1) is 0 Å². The van der Waals surface area contributed by atoms with E-state index in [0.29, 0.717) is 18.7 Å². The van der Waals surface area contributed by atoms with Gasteiger partial charge in [0.25, 0.3) is 5.56 Å². The van der Waals surface area contributed by atoms with Crippen LogP contribution in [-0.2, 0) is 6.42 Å². The number of hydrogen-bond acceptors (Lipinski definition) is 6. The lowest BCUT2D eigenvalue weighted by molar-refractivity contribution is 0.371. The van der Waals surface area contributed by atoms with Crippen LogP contribution < -0.4 is 24.4 Å². The quantitative estimate of drug-likeness (QED) is 0.337. The fourth-order valence-electron chi connectivity index (χ4n) is 5.18. The summed E-state index contributed by atoms with van der Waals surface area (Å²) in [6.07, 6.45) is 3.55. The SMILES string of the molecule is COc1ccccc1[C@H]1C2=C(N=c3s/c(=C\c4cc(I)c(O)c(OC)c4)c(=O)n31)c1ccccc1CC2. The number of para-hydroxylation sites is 1. The molecule has 1 atom stereocenters. The van der Waals surface area contributed by atoms with Crippen molar-refractivity contribution in [2.75, 3.05) is 14.2 Å². The van der Waals surface area contributed by atoms with Crippen LogP contribution in [0.1, 0.15) is 34.7 Å². The van der Waals surface area contributed by atoms with Crippen molar-refractivity contribution in [2.24, 2.45) is 4.99 Å². The topological polar surface area (TPSA) is 73.1 Å². The van der Waals surface area contributed by atoms with Gasteiger partial charge < -0.3 is 14.6 Å². The van der Waals surface area contributed by atoms with E-state index in [1.807, 2.05) is 47.0 Å². The molecule has 0 amide bonds. The van der Waals surface area contributed by atoms with Gasteiger partial charge in [-0.2, -0.15) is 0 Å². The lowest BCUT2D eigenvalue weighted by atomic mass is 9.83. The molecule has 0 fully saturated rings. The van der Waals surface area contributed by atoms with Crippen molar-refractivity contribution < 1.29 is 14.6 Å². The maximum Gasteiger partial charge on any atom is 0.271 e. The highest BCUT2D eigenvalue weighted by molar-refractivity contribution is 14.1. The first-order valence-corrected chi connectivity index (χ1v) is 13.7. The first-order valence-electron chi connectivity index (χ1n) is 11.8. The number of nitrogens with zero attached hydrogens (tertiary/aromatic N) is 2. The molecule has 0 bridgehead atoms. The first kappa shape index (κ1) is 24.0. The van der Waals surface area contributed by atoms with Gasteiger partial charge in [0.1, 0.15) is 5.75 Å². The van der Waals surface area contributed by atoms with E-state index in [4.69, 9.17) is 14.5 Å². The van der Waals surface area contributed by atoms with Crippen molar-refractivity contribution in [1.82, 2.24) is 4.57 Å². The third kappa shape index (κ3) is 3.99. The molecule has 1 aliphatic carbocycles. The lowest BCUT2D eigenvalue weighted by Gasteiger charge is -2.31. The minimum absolute atomic E-state index is 0.0872. The Labute approximate surface area is 231 Å². The van der Waals surface area contributed by atoms with Crippen LogP contribution in [0.15, 0.2) is 76.0 Å². The molecule has 6 nitrogen and oxygen atoms in total. The van der Waals surface area contributed by atoms with Crippen molar-refractivity contribution in [3.8, 4) is 17.2 Å². The highest BCUT2D eigenvalue weighted by Crippen LogP contribution is 2.43. The number of phenolic OH excluding ortho intramolecular Hbond substituents is 1. The number of hydrogen-bond donors (Lipinski definition) is 1. The zero-order chi connectivity index (χ0) is 25.7. The maximum absolute atomic E-state index is 14.0. The number of aromatic hydroxyl groups is 1. The molecule has 37 heavy (non-hydrogen) atoms. The lowest BCUT2D eigenvalue weighted by Crippen LogP contribution is -2.39. The maximum atomic E-state index is 14.0. The van der Waals surface area contributed by atoms with E-state index >= 15 is 0 Å². The van der Waals surface area contributed by atoms with Gasteiger partial charge >= 0.3 is 0 Å². The second-order valence-electron chi connectivity index (χ2n) is 8.91. The number of phenols is 1. The molecular formula is C29H23IN2O4S. The summed E-state index contributed by atoms with van der Waals surface area (Å²) in [6, 6.07) is 19.5. The van der Waals surface area contributed by atoms with Crippen LogP contribution in [0.2, 0.25) is 0 Å². The number of benzene rings is 3. The minimum Gasteiger partial charge on any atom is -0.504 e. The molecule has 1 aromatic heterocycles. The number of ether oxygens (including phenoxy) is 2. The number of rotatable bonds is 4. The standard InChI is InChI=1S/C29H23IN2O4S/c1-35-22-10-6-5-9-19(22)26-20-12-11-17-7-3-4-8-18(17)25(20)31-29-32(26)28(34)24(37-29)15-16-13-21(30)27(33)23(14-16)36-2/h3-10,13-15,26,33H,11-12H2,1-2H3/b24-15-/t26-/m0/s1. The predicted molar refractivity (Wildman–Crippen MR) is 153 cm³/mol. The molecule has 0 saturated heterocycles. The summed E-state index contributed by atoms with van der Waals surface area (Å²) in [7, 11) is 3.17. The van der Waals surface area contributed by atoms with Crippen LogP contribution >= 0.6 is 33.9 Å². The Morgan fingerprint density at radius 3 is 2.62 bits per heavy atom. The molecule has 0 unspecified atom stereocenters. The van der Waals surface area contributed by atoms with E-state index in [-0.39, 0.29) is 17.4 Å². The smallest absolute Gasteiger partial charge is 0.271 e. The summed E-state index contributed by atoms with van der Waals surface area (Å²) in [4.78, 5) is 19.7. The van der Waals surface area contributed by atoms with Gasteiger partial charge in [0.05, 0.1) is 34.1 Å². The summed E-state index contributed by atoms with van der Waals surface area (Å²) in [6.45, 7) is 0. The Morgan fingerprint density at radius 1 is 1.05 bits per heavy atom. The predicted octanol–water partition coefficient (Wildman–Crippen LogP) is 4.65. The number of aryl methyl sites for hydroxylation is 1. The van der Waals surface area contributed by atoms with Gasteiger partial charge in [-0.1, -0.05) is 53.8 Å². The molecule has 1 aliphatic heterocycles. The minimum atomic E-state index is -0.313. The van der Waals surface area contributed by atoms with Crippen LogP contribution in [0, 0.1) is 3.57 Å². The number of methoxy groups -OCH3 is 2. The van der Waals surface area contributed by atoms with Crippen molar-refractivity contribution in [3.05, 3.63) is 112 Å². The van der Waals surface area contributed by atoms with Crippen LogP contribution in [0.5, 0.6) is 17.2 Å². The molecule has 186 valence electrons. The van der Waals surface area contributed by atoms with E-state index in [9.17, 15) is 9.90 Å². The summed E-state index contributed by atoms with van der Waals surface area (Å²) < 4.78 is 14.1. The number of aromatic nitrogens is 1. The Hall–Kier alpha value is -3.37. The second-order valence-corrected chi connectivity index (χ2v) is 11.1. The summed E-state index contributed by atoms with van der Waals surface area (Å²) in [5.41, 5.74) is 6.09. The van der Waals surface area contributed by atoms with E-state index in [2.05, 4.69) is 40.8 Å². The molecule has 8 heteroatoms. The van der Waals surface area contributed by atoms with Gasteiger partial charge in [0, 0.05) is 11.1 Å². The van der Waals surface area contributed by atoms with Crippen molar-refractivity contribution >= 4 is 45.7 Å². The molecule has 1 N–H and O–H groups in total. The van der Waals surface area contributed by atoms with Crippen LogP contribution in [-0.4, -0.2) is 23.9 Å². The highest BCUT2D eigenvalue weighted by atomic mass is 127. The van der Waals surface area contributed by atoms with Crippen LogP contribution in [0.4, 0.5) is 0 Å². The van der Waals surface area contributed by atoms with Gasteiger partial charge in [-0.05, 0) is 76.4 Å². The average Bonchev–Trinajstić information content (AvgIpc) is 3.23. The molecule has 0 spiro atoms. The summed E-state index contributed by atoms with van der Waals surface area (Å²) in [5, 5.41) is 10.2. The second kappa shape index (κ2) is 9.50. The molecule has 2 aliphatic rings. The number of fused-ring (bicyclic) bond motifs is 3. The Balaban J connectivity index is 1.63. The molecule has 0 saturated carbocycles. The Kier molecular flexibility index (Phi) is 6.16. The number of allylic oxidation sites excluding steroid dienone is 1. The van der Waals surface area contributed by atoms with Crippen molar-refractivity contribution in [3.63, 3.8) is 0 Å². The zero-order valence-electron chi connectivity index (χ0n) is 20.2. The van der Waals surface area contributed by atoms with Crippen LogP contribution in [0.3, 0.4) is 0 Å². The van der Waals surface area contributed by atoms with Gasteiger partial charge in [0.2, 0.25) is 0 Å². The average molecular weight is 622 g/mol. The Morgan fingerprint density at radius 2 is 1.81 bits per heavy atom. The van der Waals surface area contributed by atoms with Gasteiger partial charge in [-0.3, -0.25) is 9.36 Å².